The summed E-state index contributed by atoms with van der Waals surface area (Å²) in [6.45, 7) is 1.86. The Morgan fingerprint density at radius 1 is 1.33 bits per heavy atom. The molecule has 0 aliphatic carbocycles. The van der Waals surface area contributed by atoms with Crippen molar-refractivity contribution in [3.8, 4) is 0 Å². The topological polar surface area (TPSA) is 54.9 Å². The Kier molecular flexibility index (Phi) is 3.66. The first kappa shape index (κ1) is 11.0. The van der Waals surface area contributed by atoms with Crippen molar-refractivity contribution in [2.75, 3.05) is 13.1 Å². The van der Waals surface area contributed by atoms with Gasteiger partial charge in [0.05, 0.1) is 10.8 Å². The van der Waals surface area contributed by atoms with Gasteiger partial charge in [-0.3, -0.25) is 4.21 Å². The van der Waals surface area contributed by atoms with Crippen LogP contribution in [0.3, 0.4) is 0 Å². The zero-order valence-electron chi connectivity index (χ0n) is 8.15. The third kappa shape index (κ3) is 2.74. The van der Waals surface area contributed by atoms with Crippen molar-refractivity contribution in [3.05, 3.63) is 17.3 Å². The smallest absolute Gasteiger partial charge is 0.151 e. The molecule has 2 heterocycles. The Hall–Kier alpha value is -0.520. The van der Waals surface area contributed by atoms with Gasteiger partial charge in [0.2, 0.25) is 0 Å². The number of rotatable bonds is 2. The van der Waals surface area contributed by atoms with E-state index in [1.165, 1.54) is 0 Å². The summed E-state index contributed by atoms with van der Waals surface area (Å²) >= 11 is 5.62. The highest BCUT2D eigenvalue weighted by atomic mass is 35.5. The van der Waals surface area contributed by atoms with Gasteiger partial charge in [0.15, 0.2) is 5.15 Å². The third-order valence-corrected chi connectivity index (χ3v) is 4.31. The van der Waals surface area contributed by atoms with Crippen molar-refractivity contribution in [2.24, 2.45) is 0 Å². The van der Waals surface area contributed by atoms with E-state index in [1.807, 2.05) is 0 Å². The second-order valence-electron chi connectivity index (χ2n) is 3.44. The molecule has 2 rings (SSSR count). The molecule has 0 unspecified atom stereocenters. The molecule has 1 N–H and O–H groups in total. The third-order valence-electron chi connectivity index (χ3n) is 2.40. The fourth-order valence-electron chi connectivity index (χ4n) is 1.59. The van der Waals surface area contributed by atoms with Crippen molar-refractivity contribution in [3.63, 3.8) is 0 Å². The largest absolute Gasteiger partial charge is 0.317 e. The summed E-state index contributed by atoms with van der Waals surface area (Å²) in [6.07, 6.45) is 1.85. The molecule has 4 nitrogen and oxygen atoms in total. The Labute approximate surface area is 95.9 Å². The van der Waals surface area contributed by atoms with Crippen LogP contribution in [-0.2, 0) is 10.8 Å². The van der Waals surface area contributed by atoms with E-state index in [0.29, 0.717) is 10.2 Å². The van der Waals surface area contributed by atoms with Crippen LogP contribution in [0.15, 0.2) is 17.2 Å². The SMILES string of the molecule is O=[S@](c1ccc(Cl)nn1)C1CCNCC1. The van der Waals surface area contributed by atoms with Gasteiger partial charge in [0.25, 0.3) is 0 Å². The van der Waals surface area contributed by atoms with Crippen LogP contribution < -0.4 is 5.32 Å². The van der Waals surface area contributed by atoms with Crippen LogP contribution in [0, 0.1) is 0 Å². The minimum atomic E-state index is -1.05. The van der Waals surface area contributed by atoms with Gasteiger partial charge in [-0.2, -0.15) is 0 Å². The van der Waals surface area contributed by atoms with E-state index >= 15 is 0 Å². The number of nitrogens with zero attached hydrogens (tertiary/aromatic N) is 2. The summed E-state index contributed by atoms with van der Waals surface area (Å²) in [5.74, 6) is 0. The van der Waals surface area contributed by atoms with Crippen LogP contribution in [0.4, 0.5) is 0 Å². The van der Waals surface area contributed by atoms with Gasteiger partial charge in [-0.1, -0.05) is 11.6 Å². The van der Waals surface area contributed by atoms with Crippen molar-refractivity contribution in [1.29, 1.82) is 0 Å². The molecule has 82 valence electrons. The van der Waals surface area contributed by atoms with Crippen LogP contribution in [0.25, 0.3) is 0 Å². The molecule has 0 bridgehead atoms. The molecule has 0 radical (unpaired) electrons. The lowest BCUT2D eigenvalue weighted by Gasteiger charge is -2.21. The minimum Gasteiger partial charge on any atom is -0.317 e. The number of aromatic nitrogens is 2. The van der Waals surface area contributed by atoms with Crippen molar-refractivity contribution in [1.82, 2.24) is 15.5 Å². The van der Waals surface area contributed by atoms with E-state index in [2.05, 4.69) is 15.5 Å². The lowest BCUT2D eigenvalue weighted by atomic mass is 10.2. The number of nitrogens with one attached hydrogen (secondary N) is 1. The molecule has 0 spiro atoms. The first-order valence-corrected chi connectivity index (χ1v) is 6.47. The van der Waals surface area contributed by atoms with E-state index < -0.39 is 10.8 Å². The molecule has 6 heteroatoms. The van der Waals surface area contributed by atoms with E-state index in [4.69, 9.17) is 11.6 Å². The average molecular weight is 246 g/mol. The highest BCUT2D eigenvalue weighted by molar-refractivity contribution is 7.85. The zero-order chi connectivity index (χ0) is 10.7. The van der Waals surface area contributed by atoms with Crippen LogP contribution in [0.1, 0.15) is 12.8 Å². The summed E-state index contributed by atoms with van der Waals surface area (Å²) in [7, 11) is -1.05. The molecule has 1 atom stereocenters. The van der Waals surface area contributed by atoms with Gasteiger partial charge in [-0.05, 0) is 38.1 Å². The maximum absolute atomic E-state index is 12.0. The summed E-state index contributed by atoms with van der Waals surface area (Å²) in [5.41, 5.74) is 0. The molecule has 1 saturated heterocycles. The first-order chi connectivity index (χ1) is 7.27. The number of hydrogen-bond donors (Lipinski definition) is 1. The molecule has 1 aromatic heterocycles. The minimum absolute atomic E-state index is 0.196. The lowest BCUT2D eigenvalue weighted by Crippen LogP contribution is -2.33. The Morgan fingerprint density at radius 2 is 2.07 bits per heavy atom. The van der Waals surface area contributed by atoms with E-state index in [0.717, 1.165) is 25.9 Å². The van der Waals surface area contributed by atoms with Crippen molar-refractivity contribution >= 4 is 22.4 Å². The fourth-order valence-corrected chi connectivity index (χ4v) is 3.02. The van der Waals surface area contributed by atoms with Crippen LogP contribution in [-0.4, -0.2) is 32.7 Å². The standard InChI is InChI=1S/C9H12ClN3OS/c10-8-1-2-9(13-12-8)15(14)7-3-5-11-6-4-7/h1-2,7,11H,3-6H2/t15-/m0/s1. The first-order valence-electron chi connectivity index (χ1n) is 4.88. The predicted octanol–water partition coefficient (Wildman–Crippen LogP) is 0.990. The van der Waals surface area contributed by atoms with Gasteiger partial charge in [0, 0.05) is 5.25 Å². The van der Waals surface area contributed by atoms with Crippen molar-refractivity contribution in [2.45, 2.75) is 23.1 Å². The lowest BCUT2D eigenvalue weighted by molar-refractivity contribution is 0.518. The Morgan fingerprint density at radius 3 is 2.67 bits per heavy atom. The predicted molar refractivity (Wildman–Crippen MR) is 59.3 cm³/mol. The van der Waals surface area contributed by atoms with E-state index in [1.54, 1.807) is 12.1 Å². The Bertz CT molecular complexity index is 351. The van der Waals surface area contributed by atoms with Gasteiger partial charge >= 0.3 is 0 Å². The number of halogens is 1. The molecular formula is C9H12ClN3OS. The average Bonchev–Trinajstić information content (AvgIpc) is 2.30. The normalized spacial score (nSPS) is 20.1. The highest BCUT2D eigenvalue weighted by Crippen LogP contribution is 2.16. The summed E-state index contributed by atoms with van der Waals surface area (Å²) in [4.78, 5) is 0. The zero-order valence-corrected chi connectivity index (χ0v) is 9.72. The molecule has 1 aromatic rings. The molecule has 15 heavy (non-hydrogen) atoms. The maximum atomic E-state index is 12.0. The summed E-state index contributed by atoms with van der Waals surface area (Å²) in [5, 5.41) is 11.9. The molecule has 0 aromatic carbocycles. The summed E-state index contributed by atoms with van der Waals surface area (Å²) in [6, 6.07) is 3.32. The van der Waals surface area contributed by atoms with Gasteiger partial charge in [-0.25, -0.2) is 0 Å². The van der Waals surface area contributed by atoms with Crippen LogP contribution >= 0.6 is 11.6 Å². The summed E-state index contributed by atoms with van der Waals surface area (Å²) < 4.78 is 12.0. The second kappa shape index (κ2) is 5.01. The molecular weight excluding hydrogens is 234 g/mol. The monoisotopic (exact) mass is 245 g/mol. The number of hydrogen-bond acceptors (Lipinski definition) is 4. The van der Waals surface area contributed by atoms with Crippen LogP contribution in [0.5, 0.6) is 0 Å². The quantitative estimate of drug-likeness (QED) is 0.844. The number of piperidine rings is 1. The maximum Gasteiger partial charge on any atom is 0.151 e. The Balaban J connectivity index is 2.09. The van der Waals surface area contributed by atoms with Gasteiger partial charge in [-0.15, -0.1) is 10.2 Å². The molecule has 0 amide bonds. The molecule has 1 aliphatic heterocycles. The molecule has 1 fully saturated rings. The van der Waals surface area contributed by atoms with E-state index in [9.17, 15) is 4.21 Å². The fraction of sp³-hybridized carbons (Fsp3) is 0.556. The van der Waals surface area contributed by atoms with Crippen LogP contribution in [0.2, 0.25) is 5.15 Å². The second-order valence-corrected chi connectivity index (χ2v) is 5.51. The van der Waals surface area contributed by atoms with Crippen molar-refractivity contribution < 1.29 is 4.21 Å². The highest BCUT2D eigenvalue weighted by Gasteiger charge is 2.21. The van der Waals surface area contributed by atoms with E-state index in [-0.39, 0.29) is 5.25 Å². The molecule has 1 aliphatic rings. The molecule has 0 saturated carbocycles. The van der Waals surface area contributed by atoms with Gasteiger partial charge in [0.1, 0.15) is 5.03 Å². The van der Waals surface area contributed by atoms with Gasteiger partial charge < -0.3 is 5.32 Å².